The molecule has 0 heterocycles. The number of anilines is 1. The molecule has 0 aliphatic rings. The summed E-state index contributed by atoms with van der Waals surface area (Å²) in [5.74, 6) is 1.46. The van der Waals surface area contributed by atoms with Crippen LogP contribution in [0.1, 0.15) is 30.6 Å². The summed E-state index contributed by atoms with van der Waals surface area (Å²) in [6, 6.07) is 12.1. The third kappa shape index (κ3) is 6.73. The molecule has 0 saturated carbocycles. The summed E-state index contributed by atoms with van der Waals surface area (Å²) < 4.78 is 10.8. The molecule has 0 fully saturated rings. The number of nitrogens with one attached hydrogen (secondary N) is 2. The summed E-state index contributed by atoms with van der Waals surface area (Å²) >= 11 is 11.3. The molecule has 2 rings (SSSR count). The van der Waals surface area contributed by atoms with Gasteiger partial charge in [-0.25, -0.2) is 0 Å². The first-order chi connectivity index (χ1) is 12.9. The van der Waals surface area contributed by atoms with Gasteiger partial charge in [0.05, 0.1) is 18.7 Å². The minimum absolute atomic E-state index is 0.173. The number of carbonyl (C=O) groups is 1. The number of thiocarbonyl (C=S) groups is 1. The van der Waals surface area contributed by atoms with Crippen LogP contribution in [0.2, 0.25) is 5.02 Å². The van der Waals surface area contributed by atoms with Crippen molar-refractivity contribution >= 4 is 40.5 Å². The van der Waals surface area contributed by atoms with Gasteiger partial charge in [-0.2, -0.15) is 0 Å². The Morgan fingerprint density at radius 3 is 2.67 bits per heavy atom. The molecule has 144 valence electrons. The normalized spacial score (nSPS) is 10.4. The van der Waals surface area contributed by atoms with E-state index in [-0.39, 0.29) is 11.0 Å². The van der Waals surface area contributed by atoms with Crippen molar-refractivity contribution in [3.63, 3.8) is 0 Å². The number of benzene rings is 2. The number of rotatable bonds is 7. The molecule has 2 aromatic carbocycles. The molecule has 27 heavy (non-hydrogen) atoms. The molecule has 7 heteroatoms. The molecule has 2 N–H and O–H groups in total. The number of carbonyl (C=O) groups excluding carboxylic acids is 1. The first kappa shape index (κ1) is 21.0. The lowest BCUT2D eigenvalue weighted by Gasteiger charge is -2.12. The van der Waals surface area contributed by atoms with E-state index in [4.69, 9.17) is 33.3 Å². The van der Waals surface area contributed by atoms with Gasteiger partial charge in [0.15, 0.2) is 5.11 Å². The second-order valence-corrected chi connectivity index (χ2v) is 7.13. The van der Waals surface area contributed by atoms with Gasteiger partial charge in [-0.3, -0.25) is 10.1 Å². The van der Waals surface area contributed by atoms with Crippen LogP contribution in [0.25, 0.3) is 0 Å². The third-order valence-electron chi connectivity index (χ3n) is 3.70. The molecule has 0 aromatic heterocycles. The Labute approximate surface area is 170 Å². The number of hydrogen-bond donors (Lipinski definition) is 2. The highest BCUT2D eigenvalue weighted by Gasteiger charge is 2.10. The predicted octanol–water partition coefficient (Wildman–Crippen LogP) is 4.90. The summed E-state index contributed by atoms with van der Waals surface area (Å²) in [5.41, 5.74) is 1.12. The number of methoxy groups -OCH3 is 1. The Morgan fingerprint density at radius 1 is 1.22 bits per heavy atom. The Hall–Kier alpha value is -2.31. The molecular formula is C20H23ClN2O3S. The van der Waals surface area contributed by atoms with E-state index in [2.05, 4.69) is 24.5 Å². The molecule has 5 nitrogen and oxygen atoms in total. The van der Waals surface area contributed by atoms with Crippen LogP contribution in [0.4, 0.5) is 5.69 Å². The fourth-order valence-electron chi connectivity index (χ4n) is 2.22. The maximum atomic E-state index is 12.4. The Bertz CT molecular complexity index is 812. The zero-order valence-corrected chi connectivity index (χ0v) is 17.1. The number of halogens is 1. The van der Waals surface area contributed by atoms with Gasteiger partial charge in [-0.1, -0.05) is 31.5 Å². The quantitative estimate of drug-likeness (QED) is 0.640. The maximum Gasteiger partial charge on any atom is 0.257 e. The van der Waals surface area contributed by atoms with Crippen LogP contribution in [0.15, 0.2) is 42.5 Å². The van der Waals surface area contributed by atoms with Crippen molar-refractivity contribution in [3.8, 4) is 11.5 Å². The lowest BCUT2D eigenvalue weighted by Crippen LogP contribution is -2.34. The molecule has 0 aliphatic carbocycles. The molecule has 0 atom stereocenters. The van der Waals surface area contributed by atoms with Crippen LogP contribution in [0.3, 0.4) is 0 Å². The molecule has 0 saturated heterocycles. The molecule has 2 aromatic rings. The standard InChI is InChI=1S/C20H23ClN2O3S/c1-13(2)9-10-26-16-6-4-5-14(11-16)19(24)23-20(27)22-15-7-8-18(25-3)17(21)12-15/h4-8,11-13H,9-10H2,1-3H3,(H2,22,23,24,27). The highest BCUT2D eigenvalue weighted by Crippen LogP contribution is 2.27. The fourth-order valence-corrected chi connectivity index (χ4v) is 2.69. The molecule has 0 unspecified atom stereocenters. The highest BCUT2D eigenvalue weighted by molar-refractivity contribution is 7.80. The Morgan fingerprint density at radius 2 is 2.00 bits per heavy atom. The van der Waals surface area contributed by atoms with E-state index >= 15 is 0 Å². The van der Waals surface area contributed by atoms with E-state index in [1.807, 2.05) is 6.07 Å². The van der Waals surface area contributed by atoms with Crippen LogP contribution in [0.5, 0.6) is 11.5 Å². The van der Waals surface area contributed by atoms with Gasteiger partial charge in [-0.05, 0) is 61.0 Å². The number of ether oxygens (including phenoxy) is 2. The first-order valence-electron chi connectivity index (χ1n) is 8.57. The smallest absolute Gasteiger partial charge is 0.257 e. The Balaban J connectivity index is 1.94. The van der Waals surface area contributed by atoms with Crippen molar-refractivity contribution in [3.05, 3.63) is 53.1 Å². The van der Waals surface area contributed by atoms with Gasteiger partial charge in [0.25, 0.3) is 5.91 Å². The molecule has 1 amide bonds. The molecule has 0 spiro atoms. The topological polar surface area (TPSA) is 59.6 Å². The van der Waals surface area contributed by atoms with E-state index in [9.17, 15) is 4.79 Å². The van der Waals surface area contributed by atoms with Crippen molar-refractivity contribution in [2.45, 2.75) is 20.3 Å². The molecule has 0 aliphatic heterocycles. The van der Waals surface area contributed by atoms with Gasteiger partial charge in [-0.15, -0.1) is 0 Å². The zero-order chi connectivity index (χ0) is 19.8. The van der Waals surface area contributed by atoms with E-state index in [1.54, 1.807) is 43.5 Å². The predicted molar refractivity (Wildman–Crippen MR) is 113 cm³/mol. The average Bonchev–Trinajstić information content (AvgIpc) is 2.61. The van der Waals surface area contributed by atoms with Crippen molar-refractivity contribution in [1.29, 1.82) is 0 Å². The van der Waals surface area contributed by atoms with Crippen LogP contribution >= 0.6 is 23.8 Å². The summed E-state index contributed by atoms with van der Waals surface area (Å²) in [6.45, 7) is 4.88. The Kier molecular flexibility index (Phi) is 7.88. The number of hydrogen-bond acceptors (Lipinski definition) is 4. The second-order valence-electron chi connectivity index (χ2n) is 6.32. The van der Waals surface area contributed by atoms with Crippen molar-refractivity contribution < 1.29 is 14.3 Å². The monoisotopic (exact) mass is 406 g/mol. The zero-order valence-electron chi connectivity index (χ0n) is 15.5. The van der Waals surface area contributed by atoms with Crippen LogP contribution < -0.4 is 20.1 Å². The van der Waals surface area contributed by atoms with Crippen molar-refractivity contribution in [2.24, 2.45) is 5.92 Å². The first-order valence-corrected chi connectivity index (χ1v) is 9.36. The highest BCUT2D eigenvalue weighted by atomic mass is 35.5. The molecule has 0 radical (unpaired) electrons. The van der Waals surface area contributed by atoms with Crippen LogP contribution in [-0.4, -0.2) is 24.7 Å². The van der Waals surface area contributed by atoms with Crippen LogP contribution in [-0.2, 0) is 0 Å². The van der Waals surface area contributed by atoms with Gasteiger partial charge in [0.2, 0.25) is 0 Å². The molecular weight excluding hydrogens is 384 g/mol. The summed E-state index contributed by atoms with van der Waals surface area (Å²) in [7, 11) is 1.54. The summed E-state index contributed by atoms with van der Waals surface area (Å²) in [6.07, 6.45) is 0.953. The third-order valence-corrected chi connectivity index (χ3v) is 4.20. The van der Waals surface area contributed by atoms with E-state index in [0.29, 0.717) is 40.3 Å². The minimum atomic E-state index is -0.318. The van der Waals surface area contributed by atoms with Crippen molar-refractivity contribution in [1.82, 2.24) is 5.32 Å². The maximum absolute atomic E-state index is 12.4. The average molecular weight is 407 g/mol. The summed E-state index contributed by atoms with van der Waals surface area (Å²) in [5, 5.41) is 6.19. The van der Waals surface area contributed by atoms with E-state index in [1.165, 1.54) is 0 Å². The lowest BCUT2D eigenvalue weighted by molar-refractivity contribution is 0.0977. The lowest BCUT2D eigenvalue weighted by atomic mass is 10.1. The van der Waals surface area contributed by atoms with E-state index in [0.717, 1.165) is 6.42 Å². The van der Waals surface area contributed by atoms with Gasteiger partial charge >= 0.3 is 0 Å². The van der Waals surface area contributed by atoms with Crippen LogP contribution in [0, 0.1) is 5.92 Å². The van der Waals surface area contributed by atoms with Gasteiger partial charge in [0.1, 0.15) is 11.5 Å². The minimum Gasteiger partial charge on any atom is -0.495 e. The number of amides is 1. The fraction of sp³-hybridized carbons (Fsp3) is 0.300. The molecule has 0 bridgehead atoms. The van der Waals surface area contributed by atoms with E-state index < -0.39 is 0 Å². The van der Waals surface area contributed by atoms with Gasteiger partial charge in [0, 0.05) is 11.3 Å². The second kappa shape index (κ2) is 10.1. The van der Waals surface area contributed by atoms with Crippen molar-refractivity contribution in [2.75, 3.05) is 19.0 Å². The van der Waals surface area contributed by atoms with Gasteiger partial charge < -0.3 is 14.8 Å². The summed E-state index contributed by atoms with van der Waals surface area (Å²) in [4.78, 5) is 12.4. The largest absolute Gasteiger partial charge is 0.495 e. The SMILES string of the molecule is COc1ccc(NC(=S)NC(=O)c2cccc(OCCC(C)C)c2)cc1Cl.